The second-order valence-corrected chi connectivity index (χ2v) is 2.56. The Balaban J connectivity index is 4.38. The largest absolute Gasteiger partial charge is 0.192 e. The molecule has 0 heterocycles. The van der Waals surface area contributed by atoms with E-state index in [-0.39, 0.29) is 0 Å². The molecular weight excluding hydrogens is 202 g/mol. The first kappa shape index (κ1) is 10.2. The highest BCUT2D eigenvalue weighted by Crippen LogP contribution is 2.03. The van der Waals surface area contributed by atoms with Crippen LogP contribution in [0, 0.1) is 11.3 Å². The molecule has 0 aliphatic heterocycles. The van der Waals surface area contributed by atoms with E-state index in [1.807, 2.05) is 13.0 Å². The second-order valence-electron chi connectivity index (χ2n) is 2.00. The Morgan fingerprint density at radius 3 is 2.73 bits per heavy atom. The van der Waals surface area contributed by atoms with Crippen molar-refractivity contribution in [3.8, 4) is 6.07 Å². The van der Waals surface area contributed by atoms with Crippen molar-refractivity contribution in [2.24, 2.45) is 0 Å². The van der Waals surface area contributed by atoms with Crippen molar-refractivity contribution in [2.75, 3.05) is 5.33 Å². The Hall–Kier alpha value is -0.810. The smallest absolute Gasteiger partial charge is 0.0991 e. The summed E-state index contributed by atoms with van der Waals surface area (Å²) in [5.74, 6) is 0. The summed E-state index contributed by atoms with van der Waals surface area (Å²) in [6.45, 7) is 5.61. The maximum atomic E-state index is 8.58. The van der Waals surface area contributed by atoms with Gasteiger partial charge in [0.05, 0.1) is 11.6 Å². The van der Waals surface area contributed by atoms with Crippen LogP contribution in [0.5, 0.6) is 0 Å². The van der Waals surface area contributed by atoms with Gasteiger partial charge in [-0.3, -0.25) is 0 Å². The summed E-state index contributed by atoms with van der Waals surface area (Å²) >= 11 is 3.25. The van der Waals surface area contributed by atoms with Crippen LogP contribution < -0.4 is 0 Å². The minimum Gasteiger partial charge on any atom is -0.192 e. The molecule has 11 heavy (non-hydrogen) atoms. The molecule has 0 aliphatic carbocycles. The zero-order valence-corrected chi connectivity index (χ0v) is 8.06. The van der Waals surface area contributed by atoms with Crippen LogP contribution in [0.4, 0.5) is 0 Å². The molecule has 58 valence electrons. The Kier molecular flexibility index (Phi) is 5.50. The molecule has 0 radical (unpaired) electrons. The normalized spacial score (nSPS) is 11.5. The molecule has 2 heteroatoms. The van der Waals surface area contributed by atoms with Crippen LogP contribution in [0.1, 0.15) is 6.92 Å². The molecule has 0 rings (SSSR count). The third-order valence-corrected chi connectivity index (χ3v) is 1.73. The van der Waals surface area contributed by atoms with Crippen LogP contribution in [-0.4, -0.2) is 5.33 Å². The summed E-state index contributed by atoms with van der Waals surface area (Å²) in [7, 11) is 0. The summed E-state index contributed by atoms with van der Waals surface area (Å²) in [5.41, 5.74) is 1.54. The number of halogens is 1. The van der Waals surface area contributed by atoms with Crippen molar-refractivity contribution in [2.45, 2.75) is 6.92 Å². The maximum Gasteiger partial charge on any atom is 0.0991 e. The summed E-state index contributed by atoms with van der Waals surface area (Å²) in [5, 5.41) is 9.28. The number of nitriles is 1. The minimum atomic E-state index is 0.636. The van der Waals surface area contributed by atoms with Gasteiger partial charge in [-0.2, -0.15) is 5.26 Å². The first-order chi connectivity index (χ1) is 5.24. The summed E-state index contributed by atoms with van der Waals surface area (Å²) in [6.07, 6.45) is 5.35. The maximum absolute atomic E-state index is 8.58. The molecule has 0 bridgehead atoms. The SMILES string of the molecule is C=C(/C=C(C#N)\C=C/C)CBr. The van der Waals surface area contributed by atoms with Crippen LogP contribution in [0.2, 0.25) is 0 Å². The van der Waals surface area contributed by atoms with Gasteiger partial charge in [0.25, 0.3) is 0 Å². The quantitative estimate of drug-likeness (QED) is 0.400. The number of allylic oxidation sites excluding steroid dienone is 5. The van der Waals surface area contributed by atoms with Gasteiger partial charge in [-0.1, -0.05) is 28.6 Å². The Morgan fingerprint density at radius 2 is 2.36 bits per heavy atom. The van der Waals surface area contributed by atoms with Crippen LogP contribution in [-0.2, 0) is 0 Å². The molecule has 0 spiro atoms. The van der Waals surface area contributed by atoms with Crippen LogP contribution in [0.15, 0.2) is 36.0 Å². The number of hydrogen-bond acceptors (Lipinski definition) is 1. The molecule has 0 aromatic heterocycles. The van der Waals surface area contributed by atoms with Gasteiger partial charge >= 0.3 is 0 Å². The van der Waals surface area contributed by atoms with Gasteiger partial charge < -0.3 is 0 Å². The van der Waals surface area contributed by atoms with Gasteiger partial charge in [-0.05, 0) is 24.6 Å². The molecule has 0 aromatic carbocycles. The van der Waals surface area contributed by atoms with E-state index in [4.69, 9.17) is 5.26 Å². The monoisotopic (exact) mass is 211 g/mol. The highest BCUT2D eigenvalue weighted by Gasteiger charge is 1.89. The molecule has 0 fully saturated rings. The van der Waals surface area contributed by atoms with E-state index in [1.54, 1.807) is 12.2 Å². The van der Waals surface area contributed by atoms with Gasteiger partial charge in [-0.15, -0.1) is 0 Å². The molecule has 0 saturated carbocycles. The second kappa shape index (κ2) is 5.94. The lowest BCUT2D eigenvalue weighted by Gasteiger charge is -1.90. The number of nitrogens with zero attached hydrogens (tertiary/aromatic N) is 1. The Morgan fingerprint density at radius 1 is 1.73 bits per heavy atom. The molecular formula is C9H10BrN. The topological polar surface area (TPSA) is 23.8 Å². The Labute approximate surface area is 75.9 Å². The van der Waals surface area contributed by atoms with Crippen molar-refractivity contribution in [1.29, 1.82) is 5.26 Å². The first-order valence-electron chi connectivity index (χ1n) is 3.22. The highest BCUT2D eigenvalue weighted by atomic mass is 79.9. The predicted molar refractivity (Wildman–Crippen MR) is 51.4 cm³/mol. The van der Waals surface area contributed by atoms with E-state index < -0.39 is 0 Å². The molecule has 0 aliphatic rings. The third-order valence-electron chi connectivity index (χ3n) is 1.01. The molecule has 0 N–H and O–H groups in total. The van der Waals surface area contributed by atoms with E-state index in [1.165, 1.54) is 0 Å². The van der Waals surface area contributed by atoms with E-state index in [0.29, 0.717) is 10.9 Å². The predicted octanol–water partition coefficient (Wildman–Crippen LogP) is 2.96. The number of hydrogen-bond donors (Lipinski definition) is 0. The Bertz CT molecular complexity index is 230. The van der Waals surface area contributed by atoms with Crippen LogP contribution in [0.25, 0.3) is 0 Å². The standard InChI is InChI=1S/C9H10BrN/c1-3-4-9(7-11)5-8(2)6-10/h3-5H,2,6H2,1H3/b4-3-,9-5+. The number of rotatable bonds is 3. The van der Waals surface area contributed by atoms with Crippen molar-refractivity contribution in [1.82, 2.24) is 0 Å². The average molecular weight is 212 g/mol. The molecule has 0 unspecified atom stereocenters. The first-order valence-corrected chi connectivity index (χ1v) is 4.35. The fraction of sp³-hybridized carbons (Fsp3) is 0.222. The average Bonchev–Trinajstić information content (AvgIpc) is 2.03. The number of alkyl halides is 1. The van der Waals surface area contributed by atoms with E-state index in [9.17, 15) is 0 Å². The van der Waals surface area contributed by atoms with Crippen LogP contribution >= 0.6 is 15.9 Å². The summed E-state index contributed by atoms with van der Waals surface area (Å²) in [4.78, 5) is 0. The summed E-state index contributed by atoms with van der Waals surface area (Å²) in [6, 6.07) is 2.06. The lowest BCUT2D eigenvalue weighted by molar-refractivity contribution is 1.47. The van der Waals surface area contributed by atoms with Gasteiger partial charge in [0.2, 0.25) is 0 Å². The zero-order valence-electron chi connectivity index (χ0n) is 6.47. The van der Waals surface area contributed by atoms with E-state index in [0.717, 1.165) is 5.57 Å². The molecule has 0 atom stereocenters. The van der Waals surface area contributed by atoms with Crippen molar-refractivity contribution >= 4 is 15.9 Å². The van der Waals surface area contributed by atoms with Gasteiger partial charge in [0, 0.05) is 5.33 Å². The van der Waals surface area contributed by atoms with Crippen molar-refractivity contribution in [3.63, 3.8) is 0 Å². The third kappa shape index (κ3) is 4.58. The summed E-state index contributed by atoms with van der Waals surface area (Å²) < 4.78 is 0. The van der Waals surface area contributed by atoms with Gasteiger partial charge in [0.15, 0.2) is 0 Å². The highest BCUT2D eigenvalue weighted by molar-refractivity contribution is 9.09. The van der Waals surface area contributed by atoms with Crippen LogP contribution in [0.3, 0.4) is 0 Å². The lowest BCUT2D eigenvalue weighted by Crippen LogP contribution is -1.78. The molecule has 0 aromatic rings. The van der Waals surface area contributed by atoms with Gasteiger partial charge in [-0.25, -0.2) is 0 Å². The van der Waals surface area contributed by atoms with Crippen molar-refractivity contribution in [3.05, 3.63) is 36.0 Å². The lowest BCUT2D eigenvalue weighted by atomic mass is 10.2. The molecule has 0 saturated heterocycles. The van der Waals surface area contributed by atoms with Crippen molar-refractivity contribution < 1.29 is 0 Å². The van der Waals surface area contributed by atoms with E-state index in [2.05, 4.69) is 28.6 Å². The van der Waals surface area contributed by atoms with E-state index >= 15 is 0 Å². The minimum absolute atomic E-state index is 0.636. The van der Waals surface area contributed by atoms with Gasteiger partial charge in [0.1, 0.15) is 0 Å². The fourth-order valence-corrected chi connectivity index (χ4v) is 0.718. The fourth-order valence-electron chi connectivity index (χ4n) is 0.556. The molecule has 0 amide bonds. The zero-order chi connectivity index (χ0) is 8.69. The molecule has 1 nitrogen and oxygen atoms in total.